The van der Waals surface area contributed by atoms with E-state index in [1.54, 1.807) is 0 Å². The van der Waals surface area contributed by atoms with E-state index in [0.717, 1.165) is 24.8 Å². The first-order chi connectivity index (χ1) is 6.77. The first-order valence-electron chi connectivity index (χ1n) is 4.79. The molecule has 1 aromatic rings. The van der Waals surface area contributed by atoms with Crippen molar-refractivity contribution < 1.29 is 14.9 Å². The summed E-state index contributed by atoms with van der Waals surface area (Å²) in [6.07, 6.45) is 3.05. The zero-order valence-corrected chi connectivity index (χ0v) is 8.21. The van der Waals surface area contributed by atoms with E-state index in [9.17, 15) is 10.2 Å². The van der Waals surface area contributed by atoms with Crippen molar-refractivity contribution in [1.82, 2.24) is 0 Å². The van der Waals surface area contributed by atoms with E-state index in [2.05, 4.69) is 0 Å². The standard InChI is InChI=1S/C11H14O3/c1-14-10-5-7-3-2-4-8(7)9(6-12)11(10)13/h5,12-13H,2-4,6H2,1H3. The summed E-state index contributed by atoms with van der Waals surface area (Å²) in [5, 5.41) is 19.0. The number of benzene rings is 1. The Bertz CT molecular complexity index is 357. The Hall–Kier alpha value is -1.22. The number of ether oxygens (including phenoxy) is 1. The molecule has 76 valence electrons. The molecule has 1 aliphatic carbocycles. The van der Waals surface area contributed by atoms with Crippen molar-refractivity contribution in [2.45, 2.75) is 25.9 Å². The van der Waals surface area contributed by atoms with E-state index in [0.29, 0.717) is 11.3 Å². The molecule has 0 atom stereocenters. The summed E-state index contributed by atoms with van der Waals surface area (Å²) < 4.78 is 5.05. The molecular weight excluding hydrogens is 180 g/mol. The maximum Gasteiger partial charge on any atom is 0.163 e. The number of aliphatic hydroxyl groups is 1. The minimum atomic E-state index is -0.120. The molecule has 0 saturated carbocycles. The van der Waals surface area contributed by atoms with Gasteiger partial charge >= 0.3 is 0 Å². The van der Waals surface area contributed by atoms with Gasteiger partial charge in [0.05, 0.1) is 13.7 Å². The first-order valence-corrected chi connectivity index (χ1v) is 4.79. The highest BCUT2D eigenvalue weighted by molar-refractivity contribution is 5.54. The highest BCUT2D eigenvalue weighted by Gasteiger charge is 2.20. The number of hydrogen-bond acceptors (Lipinski definition) is 3. The van der Waals surface area contributed by atoms with E-state index >= 15 is 0 Å². The van der Waals surface area contributed by atoms with Crippen LogP contribution in [0.5, 0.6) is 11.5 Å². The molecule has 2 N–H and O–H groups in total. The van der Waals surface area contributed by atoms with Crippen LogP contribution in [0.2, 0.25) is 0 Å². The molecule has 0 unspecified atom stereocenters. The van der Waals surface area contributed by atoms with Crippen LogP contribution in [0.25, 0.3) is 0 Å². The third-order valence-electron chi connectivity index (χ3n) is 2.83. The molecule has 0 spiro atoms. The van der Waals surface area contributed by atoms with Gasteiger partial charge in [-0.3, -0.25) is 0 Å². The third kappa shape index (κ3) is 1.24. The summed E-state index contributed by atoms with van der Waals surface area (Å²) >= 11 is 0. The molecule has 0 radical (unpaired) electrons. The molecule has 0 bridgehead atoms. The molecule has 2 rings (SSSR count). The second-order valence-electron chi connectivity index (χ2n) is 3.56. The Morgan fingerprint density at radius 1 is 1.43 bits per heavy atom. The molecule has 3 heteroatoms. The predicted octanol–water partition coefficient (Wildman–Crippen LogP) is 1.38. The summed E-state index contributed by atoms with van der Waals surface area (Å²) in [6, 6.07) is 1.87. The second kappa shape index (κ2) is 3.50. The topological polar surface area (TPSA) is 49.7 Å². The number of methoxy groups -OCH3 is 1. The van der Waals surface area contributed by atoms with Gasteiger partial charge in [-0.15, -0.1) is 0 Å². The maximum absolute atomic E-state index is 9.77. The maximum atomic E-state index is 9.77. The number of aryl methyl sites for hydroxylation is 1. The van der Waals surface area contributed by atoms with Gasteiger partial charge in [0.2, 0.25) is 0 Å². The van der Waals surface area contributed by atoms with Gasteiger partial charge in [-0.2, -0.15) is 0 Å². The van der Waals surface area contributed by atoms with Gasteiger partial charge in [-0.1, -0.05) is 0 Å². The molecule has 1 aromatic carbocycles. The van der Waals surface area contributed by atoms with E-state index < -0.39 is 0 Å². The lowest BCUT2D eigenvalue weighted by atomic mass is 10.0. The Balaban J connectivity index is 2.60. The number of fused-ring (bicyclic) bond motifs is 1. The van der Waals surface area contributed by atoms with Crippen LogP contribution >= 0.6 is 0 Å². The minimum Gasteiger partial charge on any atom is -0.504 e. The largest absolute Gasteiger partial charge is 0.504 e. The van der Waals surface area contributed by atoms with Crippen LogP contribution in [0.15, 0.2) is 6.07 Å². The predicted molar refractivity (Wildman–Crippen MR) is 52.6 cm³/mol. The smallest absolute Gasteiger partial charge is 0.163 e. The molecule has 1 aliphatic rings. The van der Waals surface area contributed by atoms with E-state index in [-0.39, 0.29) is 12.4 Å². The van der Waals surface area contributed by atoms with Gasteiger partial charge in [0.15, 0.2) is 11.5 Å². The molecule has 3 nitrogen and oxygen atoms in total. The van der Waals surface area contributed by atoms with Crippen LogP contribution < -0.4 is 4.74 Å². The summed E-state index contributed by atoms with van der Waals surface area (Å²) in [4.78, 5) is 0. The van der Waals surface area contributed by atoms with Crippen molar-refractivity contribution in [2.24, 2.45) is 0 Å². The van der Waals surface area contributed by atoms with Crippen LogP contribution in [-0.4, -0.2) is 17.3 Å². The van der Waals surface area contributed by atoms with Gasteiger partial charge in [0.25, 0.3) is 0 Å². The van der Waals surface area contributed by atoms with Crippen LogP contribution in [0, 0.1) is 0 Å². The Kier molecular flexibility index (Phi) is 2.33. The average molecular weight is 194 g/mol. The fourth-order valence-electron chi connectivity index (χ4n) is 2.12. The van der Waals surface area contributed by atoms with Gasteiger partial charge in [-0.05, 0) is 36.5 Å². The molecule has 14 heavy (non-hydrogen) atoms. The Morgan fingerprint density at radius 2 is 2.21 bits per heavy atom. The molecule has 0 amide bonds. The highest BCUT2D eigenvalue weighted by atomic mass is 16.5. The van der Waals surface area contributed by atoms with Crippen molar-refractivity contribution in [1.29, 1.82) is 0 Å². The lowest BCUT2D eigenvalue weighted by Crippen LogP contribution is -1.97. The summed E-state index contributed by atoms with van der Waals surface area (Å²) in [6.45, 7) is -0.120. The Morgan fingerprint density at radius 3 is 2.86 bits per heavy atom. The third-order valence-corrected chi connectivity index (χ3v) is 2.83. The van der Waals surface area contributed by atoms with E-state index in [1.165, 1.54) is 12.7 Å². The average Bonchev–Trinajstić information content (AvgIpc) is 2.64. The van der Waals surface area contributed by atoms with Crippen molar-refractivity contribution >= 4 is 0 Å². The highest BCUT2D eigenvalue weighted by Crippen LogP contribution is 2.38. The molecule has 0 aromatic heterocycles. The lowest BCUT2D eigenvalue weighted by Gasteiger charge is -2.12. The summed E-state index contributed by atoms with van der Waals surface area (Å²) in [5.41, 5.74) is 2.94. The number of hydrogen-bond donors (Lipinski definition) is 2. The van der Waals surface area contributed by atoms with Crippen LogP contribution in [0.3, 0.4) is 0 Å². The lowest BCUT2D eigenvalue weighted by molar-refractivity contribution is 0.271. The minimum absolute atomic E-state index is 0.0932. The number of aliphatic hydroxyl groups excluding tert-OH is 1. The zero-order valence-electron chi connectivity index (χ0n) is 8.21. The molecule has 0 saturated heterocycles. The van der Waals surface area contributed by atoms with Crippen LogP contribution in [-0.2, 0) is 19.4 Å². The quantitative estimate of drug-likeness (QED) is 0.747. The van der Waals surface area contributed by atoms with Crippen molar-refractivity contribution in [2.75, 3.05) is 7.11 Å². The van der Waals surface area contributed by atoms with Crippen LogP contribution in [0.1, 0.15) is 23.1 Å². The monoisotopic (exact) mass is 194 g/mol. The Labute approximate surface area is 83.0 Å². The fraction of sp³-hybridized carbons (Fsp3) is 0.455. The summed E-state index contributed by atoms with van der Waals surface area (Å²) in [7, 11) is 1.53. The van der Waals surface area contributed by atoms with Crippen molar-refractivity contribution in [3.8, 4) is 11.5 Å². The number of aromatic hydroxyl groups is 1. The first kappa shape index (κ1) is 9.34. The second-order valence-corrected chi connectivity index (χ2v) is 3.56. The molecule has 0 aliphatic heterocycles. The van der Waals surface area contributed by atoms with Crippen LogP contribution in [0.4, 0.5) is 0 Å². The van der Waals surface area contributed by atoms with E-state index in [1.807, 2.05) is 6.07 Å². The molecular formula is C11H14O3. The summed E-state index contributed by atoms with van der Waals surface area (Å²) in [5.74, 6) is 0.561. The van der Waals surface area contributed by atoms with Crippen molar-refractivity contribution in [3.63, 3.8) is 0 Å². The number of rotatable bonds is 2. The molecule has 0 fully saturated rings. The fourth-order valence-corrected chi connectivity index (χ4v) is 2.12. The van der Waals surface area contributed by atoms with Gasteiger partial charge < -0.3 is 14.9 Å². The normalized spacial score (nSPS) is 14.1. The zero-order chi connectivity index (χ0) is 10.1. The van der Waals surface area contributed by atoms with Gasteiger partial charge in [0.1, 0.15) is 0 Å². The van der Waals surface area contributed by atoms with Gasteiger partial charge in [0, 0.05) is 5.56 Å². The molecule has 0 heterocycles. The number of phenols is 1. The van der Waals surface area contributed by atoms with Crippen molar-refractivity contribution in [3.05, 3.63) is 22.8 Å². The SMILES string of the molecule is COc1cc2c(c(CO)c1O)CCC2. The van der Waals surface area contributed by atoms with E-state index in [4.69, 9.17) is 4.74 Å². The van der Waals surface area contributed by atoms with Gasteiger partial charge in [-0.25, -0.2) is 0 Å².